The van der Waals surface area contributed by atoms with Gasteiger partial charge in [0.05, 0.1) is 24.1 Å². The fourth-order valence-electron chi connectivity index (χ4n) is 4.29. The van der Waals surface area contributed by atoms with Crippen molar-refractivity contribution in [2.45, 2.75) is 19.0 Å². The van der Waals surface area contributed by atoms with Crippen LogP contribution in [0.3, 0.4) is 0 Å². The lowest BCUT2D eigenvalue weighted by molar-refractivity contribution is -0.138. The first-order valence-corrected chi connectivity index (χ1v) is 9.75. The first kappa shape index (κ1) is 19.8. The summed E-state index contributed by atoms with van der Waals surface area (Å²) in [6.07, 6.45) is -2.12. The molecule has 1 fully saturated rings. The Balaban J connectivity index is 1.62. The zero-order valence-electron chi connectivity index (χ0n) is 16.4. The van der Waals surface area contributed by atoms with Crippen LogP contribution in [0.15, 0.2) is 37.0 Å². The Morgan fingerprint density at radius 1 is 1.28 bits per heavy atom. The van der Waals surface area contributed by atoms with Crippen molar-refractivity contribution < 1.29 is 17.9 Å². The lowest BCUT2D eigenvalue weighted by Gasteiger charge is -2.31. The molecule has 1 atom stereocenters. The highest BCUT2D eigenvalue weighted by Crippen LogP contribution is 2.44. The van der Waals surface area contributed by atoms with Gasteiger partial charge in [-0.25, -0.2) is 0 Å². The molecular formula is C22H24F3N3O. The summed E-state index contributed by atoms with van der Waals surface area (Å²) in [7, 11) is 1.64. The van der Waals surface area contributed by atoms with Gasteiger partial charge in [-0.1, -0.05) is 6.58 Å². The van der Waals surface area contributed by atoms with Crippen LogP contribution in [0, 0.1) is 5.92 Å². The predicted molar refractivity (Wildman–Crippen MR) is 107 cm³/mol. The van der Waals surface area contributed by atoms with Gasteiger partial charge in [-0.15, -0.1) is 0 Å². The molecule has 1 unspecified atom stereocenters. The summed E-state index contributed by atoms with van der Waals surface area (Å²) >= 11 is 0. The van der Waals surface area contributed by atoms with E-state index >= 15 is 0 Å². The minimum atomic E-state index is -4.41. The third-order valence-electron chi connectivity index (χ3n) is 5.80. The number of alkyl halides is 3. The second-order valence-corrected chi connectivity index (χ2v) is 7.54. The molecule has 4 nitrogen and oxygen atoms in total. The average molecular weight is 403 g/mol. The zero-order chi connectivity index (χ0) is 20.6. The minimum Gasteiger partial charge on any atom is -0.495 e. The maximum atomic E-state index is 13.4. The highest BCUT2D eigenvalue weighted by Gasteiger charge is 2.36. The molecule has 0 spiro atoms. The number of methoxy groups -OCH3 is 1. The molecule has 2 aliphatic rings. The number of nitrogens with zero attached hydrogens (tertiary/aromatic N) is 2. The van der Waals surface area contributed by atoms with Gasteiger partial charge in [0, 0.05) is 32.4 Å². The molecule has 4 rings (SSSR count). The van der Waals surface area contributed by atoms with E-state index in [9.17, 15) is 13.2 Å². The molecule has 0 radical (unpaired) electrons. The number of rotatable bonds is 4. The molecule has 1 aromatic carbocycles. The van der Waals surface area contributed by atoms with Gasteiger partial charge in [-0.05, 0) is 59.7 Å². The van der Waals surface area contributed by atoms with Crippen molar-refractivity contribution in [3.8, 4) is 5.75 Å². The van der Waals surface area contributed by atoms with Crippen LogP contribution in [0.2, 0.25) is 0 Å². The standard InChI is InChI=1S/C22H24F3N3O/c1-14-15(11-19-18(22(23,24)25)4-3-5-27-19)10-16-12-20(21(29-2)13-17(14)16)28-8-6-26-7-9-28/h3-5,12-13,15,26H,1,6-11H2,2H3. The number of halogens is 3. The smallest absolute Gasteiger partial charge is 0.418 e. The Labute approximate surface area is 168 Å². The van der Waals surface area contributed by atoms with Crippen LogP contribution in [-0.4, -0.2) is 38.3 Å². The second-order valence-electron chi connectivity index (χ2n) is 7.54. The van der Waals surface area contributed by atoms with Crippen LogP contribution in [0.4, 0.5) is 18.9 Å². The Hall–Kier alpha value is -2.54. The third kappa shape index (κ3) is 3.83. The van der Waals surface area contributed by atoms with E-state index in [2.05, 4.69) is 27.8 Å². The summed E-state index contributed by atoms with van der Waals surface area (Å²) < 4.78 is 45.7. The SMILES string of the molecule is C=C1c2cc(OC)c(N3CCNCC3)cc2CC1Cc1ncccc1C(F)(F)F. The van der Waals surface area contributed by atoms with Crippen molar-refractivity contribution in [3.63, 3.8) is 0 Å². The summed E-state index contributed by atoms with van der Waals surface area (Å²) in [6.45, 7) is 7.80. The summed E-state index contributed by atoms with van der Waals surface area (Å²) in [4.78, 5) is 6.31. The number of ether oxygens (including phenoxy) is 1. The lowest BCUT2D eigenvalue weighted by atomic mass is 9.94. The molecule has 0 saturated carbocycles. The van der Waals surface area contributed by atoms with E-state index in [0.717, 1.165) is 60.4 Å². The first-order valence-electron chi connectivity index (χ1n) is 9.75. The van der Waals surface area contributed by atoms with Crippen LogP contribution >= 0.6 is 0 Å². The monoisotopic (exact) mass is 403 g/mol. The van der Waals surface area contributed by atoms with Crippen molar-refractivity contribution in [2.75, 3.05) is 38.2 Å². The summed E-state index contributed by atoms with van der Waals surface area (Å²) in [5, 5.41) is 3.34. The van der Waals surface area contributed by atoms with Crippen molar-refractivity contribution in [3.05, 3.63) is 59.4 Å². The van der Waals surface area contributed by atoms with E-state index in [-0.39, 0.29) is 18.0 Å². The molecule has 29 heavy (non-hydrogen) atoms. The third-order valence-corrected chi connectivity index (χ3v) is 5.80. The van der Waals surface area contributed by atoms with Gasteiger partial charge in [0.2, 0.25) is 0 Å². The molecule has 1 aliphatic carbocycles. The second kappa shape index (κ2) is 7.71. The van der Waals surface area contributed by atoms with Gasteiger partial charge in [-0.2, -0.15) is 13.2 Å². The van der Waals surface area contributed by atoms with Crippen molar-refractivity contribution in [1.29, 1.82) is 0 Å². The number of nitrogens with one attached hydrogen (secondary N) is 1. The number of aromatic nitrogens is 1. The summed E-state index contributed by atoms with van der Waals surface area (Å²) in [5.41, 5.74) is 3.39. The number of anilines is 1. The Bertz CT molecular complexity index is 920. The molecule has 7 heteroatoms. The molecule has 1 aliphatic heterocycles. The van der Waals surface area contributed by atoms with Gasteiger partial charge in [0.15, 0.2) is 0 Å². The average Bonchev–Trinajstić information content (AvgIpc) is 3.02. The van der Waals surface area contributed by atoms with Crippen molar-refractivity contribution in [1.82, 2.24) is 10.3 Å². The number of hydrogen-bond acceptors (Lipinski definition) is 4. The maximum absolute atomic E-state index is 13.4. The van der Waals surface area contributed by atoms with Crippen LogP contribution in [0.1, 0.15) is 22.4 Å². The van der Waals surface area contributed by atoms with E-state index in [1.165, 1.54) is 12.3 Å². The van der Waals surface area contributed by atoms with Crippen LogP contribution in [0.25, 0.3) is 5.57 Å². The van der Waals surface area contributed by atoms with Crippen LogP contribution in [-0.2, 0) is 19.0 Å². The highest BCUT2D eigenvalue weighted by molar-refractivity contribution is 5.78. The zero-order valence-corrected chi connectivity index (χ0v) is 16.4. The number of piperazine rings is 1. The molecule has 2 aromatic rings. The molecule has 154 valence electrons. The summed E-state index contributed by atoms with van der Waals surface area (Å²) in [5.74, 6) is 0.672. The molecule has 0 bridgehead atoms. The normalized spacial score (nSPS) is 19.4. The quantitative estimate of drug-likeness (QED) is 0.839. The van der Waals surface area contributed by atoms with E-state index in [1.807, 2.05) is 6.07 Å². The molecule has 1 N–H and O–H groups in total. The molecule has 1 aromatic heterocycles. The van der Waals surface area contributed by atoms with Crippen LogP contribution in [0.5, 0.6) is 5.75 Å². The molecule has 0 amide bonds. The Kier molecular flexibility index (Phi) is 5.25. The first-order chi connectivity index (χ1) is 13.9. The predicted octanol–water partition coefficient (Wildman–Crippen LogP) is 3.95. The largest absolute Gasteiger partial charge is 0.495 e. The fraction of sp³-hybridized carbons (Fsp3) is 0.409. The topological polar surface area (TPSA) is 37.4 Å². The number of hydrogen-bond donors (Lipinski definition) is 1. The van der Waals surface area contributed by atoms with Gasteiger partial charge in [-0.3, -0.25) is 4.98 Å². The van der Waals surface area contributed by atoms with Crippen molar-refractivity contribution in [2.24, 2.45) is 5.92 Å². The van der Waals surface area contributed by atoms with Crippen molar-refractivity contribution >= 4 is 11.3 Å². The number of benzene rings is 1. The van der Waals surface area contributed by atoms with Crippen LogP contribution < -0.4 is 15.0 Å². The van der Waals surface area contributed by atoms with Gasteiger partial charge >= 0.3 is 6.18 Å². The van der Waals surface area contributed by atoms with E-state index < -0.39 is 11.7 Å². The van der Waals surface area contributed by atoms with E-state index in [1.54, 1.807) is 7.11 Å². The van der Waals surface area contributed by atoms with Gasteiger partial charge < -0.3 is 15.0 Å². The maximum Gasteiger partial charge on any atom is 0.418 e. The van der Waals surface area contributed by atoms with E-state index in [4.69, 9.17) is 4.74 Å². The minimum absolute atomic E-state index is 0.0771. The Morgan fingerprint density at radius 2 is 2.03 bits per heavy atom. The number of fused-ring (bicyclic) bond motifs is 1. The molecule has 1 saturated heterocycles. The lowest BCUT2D eigenvalue weighted by Crippen LogP contribution is -2.43. The van der Waals surface area contributed by atoms with E-state index in [0.29, 0.717) is 6.42 Å². The highest BCUT2D eigenvalue weighted by atomic mass is 19.4. The molecular weight excluding hydrogens is 379 g/mol. The van der Waals surface area contributed by atoms with Gasteiger partial charge in [0.1, 0.15) is 5.75 Å². The number of allylic oxidation sites excluding steroid dienone is 1. The molecule has 2 heterocycles. The number of pyridine rings is 1. The fourth-order valence-corrected chi connectivity index (χ4v) is 4.29. The summed E-state index contributed by atoms with van der Waals surface area (Å²) in [6, 6.07) is 6.53. The Morgan fingerprint density at radius 3 is 2.72 bits per heavy atom. The van der Waals surface area contributed by atoms with Gasteiger partial charge in [0.25, 0.3) is 0 Å².